The Kier molecular flexibility index (Phi) is 5.07. The summed E-state index contributed by atoms with van der Waals surface area (Å²) >= 11 is 3.52. The van der Waals surface area contributed by atoms with Gasteiger partial charge in [0.2, 0.25) is 0 Å². The topological polar surface area (TPSA) is 51.4 Å². The minimum Gasteiger partial charge on any atom is -0.496 e. The maximum atomic E-state index is 6.05. The Bertz CT molecular complexity index is 598. The number of nitrogen functional groups attached to an aromatic ring is 1. The number of hydrogen-bond acceptors (Lipinski definition) is 4. The molecule has 1 heterocycles. The van der Waals surface area contributed by atoms with Crippen LogP contribution < -0.4 is 15.4 Å². The van der Waals surface area contributed by atoms with Crippen molar-refractivity contribution in [2.75, 3.05) is 24.8 Å². The van der Waals surface area contributed by atoms with Crippen LogP contribution in [0.25, 0.3) is 0 Å². The molecule has 0 fully saturated rings. The predicted molar refractivity (Wildman–Crippen MR) is 90.9 cm³/mol. The second-order valence-corrected chi connectivity index (χ2v) is 5.89. The molecule has 0 spiro atoms. The molecular weight excluding hydrogens is 330 g/mol. The van der Waals surface area contributed by atoms with E-state index in [1.54, 1.807) is 19.5 Å². The van der Waals surface area contributed by atoms with Crippen molar-refractivity contribution in [3.63, 3.8) is 0 Å². The van der Waals surface area contributed by atoms with Crippen LogP contribution in [0.5, 0.6) is 5.75 Å². The number of pyridine rings is 1. The van der Waals surface area contributed by atoms with Gasteiger partial charge in [-0.2, -0.15) is 0 Å². The molecule has 0 aliphatic carbocycles. The molecule has 0 radical (unpaired) electrons. The van der Waals surface area contributed by atoms with Gasteiger partial charge in [-0.15, -0.1) is 0 Å². The van der Waals surface area contributed by atoms with Crippen molar-refractivity contribution in [2.24, 2.45) is 0 Å². The summed E-state index contributed by atoms with van der Waals surface area (Å²) in [5.74, 6) is 0.916. The van der Waals surface area contributed by atoms with Gasteiger partial charge in [-0.05, 0) is 40.9 Å². The third-order valence-electron chi connectivity index (χ3n) is 3.62. The number of aromatic nitrogens is 1. The number of hydrogen-bond donors (Lipinski definition) is 1. The Balaban J connectivity index is 2.22. The fourth-order valence-electron chi connectivity index (χ4n) is 2.36. The third kappa shape index (κ3) is 3.47. The molecule has 1 aromatic carbocycles. The van der Waals surface area contributed by atoms with Crippen molar-refractivity contribution in [1.29, 1.82) is 0 Å². The van der Waals surface area contributed by atoms with E-state index in [1.807, 2.05) is 25.2 Å². The predicted octanol–water partition coefficient (Wildman–Crippen LogP) is 3.50. The second-order valence-electron chi connectivity index (χ2n) is 5.04. The molecule has 112 valence electrons. The number of nitrogens with two attached hydrogens (primary N) is 1. The summed E-state index contributed by atoms with van der Waals surface area (Å²) in [5.41, 5.74) is 8.86. The Morgan fingerprint density at radius 3 is 2.71 bits per heavy atom. The summed E-state index contributed by atoms with van der Waals surface area (Å²) in [6.07, 6.45) is 4.30. The van der Waals surface area contributed by atoms with Crippen LogP contribution in [-0.2, 0) is 6.42 Å². The number of halogens is 1. The van der Waals surface area contributed by atoms with Crippen LogP contribution in [0.2, 0.25) is 0 Å². The van der Waals surface area contributed by atoms with Gasteiger partial charge in [0, 0.05) is 19.3 Å². The summed E-state index contributed by atoms with van der Waals surface area (Å²) in [6, 6.07) is 8.35. The number of likely N-dealkylation sites (N-methyl/N-ethyl adjacent to an activating group) is 1. The normalized spacial score (nSPS) is 12.0. The van der Waals surface area contributed by atoms with Crippen LogP contribution >= 0.6 is 15.9 Å². The lowest BCUT2D eigenvalue weighted by Gasteiger charge is -2.29. The number of nitrogens with zero attached hydrogens (tertiary/aromatic N) is 2. The zero-order chi connectivity index (χ0) is 15.4. The van der Waals surface area contributed by atoms with Crippen LogP contribution in [0.3, 0.4) is 0 Å². The zero-order valence-corrected chi connectivity index (χ0v) is 14.1. The number of benzene rings is 1. The third-order valence-corrected chi connectivity index (χ3v) is 4.20. The fourth-order valence-corrected chi connectivity index (χ4v) is 2.99. The maximum Gasteiger partial charge on any atom is 0.122 e. The molecule has 0 amide bonds. The van der Waals surface area contributed by atoms with Crippen LogP contribution in [-0.4, -0.2) is 25.2 Å². The van der Waals surface area contributed by atoms with Gasteiger partial charge in [0.15, 0.2) is 0 Å². The van der Waals surface area contributed by atoms with Gasteiger partial charge in [-0.25, -0.2) is 0 Å². The molecule has 0 saturated carbocycles. The van der Waals surface area contributed by atoms with E-state index in [-0.39, 0.29) is 6.04 Å². The van der Waals surface area contributed by atoms with Crippen LogP contribution in [0.15, 0.2) is 41.1 Å². The summed E-state index contributed by atoms with van der Waals surface area (Å²) in [7, 11) is 3.74. The van der Waals surface area contributed by atoms with E-state index >= 15 is 0 Å². The molecule has 4 nitrogen and oxygen atoms in total. The molecule has 5 heteroatoms. The van der Waals surface area contributed by atoms with Crippen LogP contribution in [0, 0.1) is 0 Å². The molecule has 1 unspecified atom stereocenters. The van der Waals surface area contributed by atoms with Gasteiger partial charge in [0.1, 0.15) is 5.75 Å². The second kappa shape index (κ2) is 6.80. The average molecular weight is 350 g/mol. The first-order valence-electron chi connectivity index (χ1n) is 6.78. The first-order valence-corrected chi connectivity index (χ1v) is 7.57. The number of ether oxygens (including phenoxy) is 1. The van der Waals surface area contributed by atoms with E-state index in [4.69, 9.17) is 10.5 Å². The lowest BCUT2D eigenvalue weighted by atomic mass is 10.0. The van der Waals surface area contributed by atoms with Crippen molar-refractivity contribution < 1.29 is 4.74 Å². The molecule has 1 aromatic heterocycles. The molecule has 0 aliphatic rings. The molecule has 0 saturated heterocycles. The minimum absolute atomic E-state index is 0.266. The van der Waals surface area contributed by atoms with E-state index in [9.17, 15) is 0 Å². The number of rotatable bonds is 5. The number of methoxy groups -OCH3 is 1. The first kappa shape index (κ1) is 15.6. The largest absolute Gasteiger partial charge is 0.496 e. The van der Waals surface area contributed by atoms with Gasteiger partial charge in [0.05, 0.1) is 29.2 Å². The lowest BCUT2D eigenvalue weighted by molar-refractivity contribution is 0.408. The van der Waals surface area contributed by atoms with Gasteiger partial charge < -0.3 is 15.4 Å². The van der Waals surface area contributed by atoms with Gasteiger partial charge >= 0.3 is 0 Å². The summed E-state index contributed by atoms with van der Waals surface area (Å²) < 4.78 is 6.32. The molecule has 2 N–H and O–H groups in total. The van der Waals surface area contributed by atoms with E-state index in [0.29, 0.717) is 5.69 Å². The monoisotopic (exact) mass is 349 g/mol. The molecule has 21 heavy (non-hydrogen) atoms. The van der Waals surface area contributed by atoms with E-state index in [1.165, 1.54) is 5.56 Å². The summed E-state index contributed by atoms with van der Waals surface area (Å²) in [5, 5.41) is 0. The smallest absolute Gasteiger partial charge is 0.122 e. The SMILES string of the molecule is COc1ccccc1CC(C)N(C)c1c(N)cncc1Br. The molecular formula is C16H20BrN3O. The Morgan fingerprint density at radius 2 is 2.05 bits per heavy atom. The summed E-state index contributed by atoms with van der Waals surface area (Å²) in [6.45, 7) is 2.17. The lowest BCUT2D eigenvalue weighted by Crippen LogP contribution is -2.31. The van der Waals surface area contributed by atoms with Crippen molar-refractivity contribution >= 4 is 27.3 Å². The molecule has 0 aliphatic heterocycles. The van der Waals surface area contributed by atoms with Crippen LogP contribution in [0.1, 0.15) is 12.5 Å². The Morgan fingerprint density at radius 1 is 1.33 bits per heavy atom. The number of anilines is 2. The van der Waals surface area contributed by atoms with E-state index < -0.39 is 0 Å². The highest BCUT2D eigenvalue weighted by Gasteiger charge is 2.17. The molecule has 2 aromatic rings. The van der Waals surface area contributed by atoms with Gasteiger partial charge in [-0.1, -0.05) is 18.2 Å². The average Bonchev–Trinajstić information content (AvgIpc) is 2.47. The van der Waals surface area contributed by atoms with Crippen molar-refractivity contribution in [1.82, 2.24) is 4.98 Å². The number of para-hydroxylation sites is 1. The minimum atomic E-state index is 0.266. The summed E-state index contributed by atoms with van der Waals surface area (Å²) in [4.78, 5) is 6.24. The van der Waals surface area contributed by atoms with E-state index in [0.717, 1.165) is 22.3 Å². The van der Waals surface area contributed by atoms with Gasteiger partial charge in [-0.3, -0.25) is 4.98 Å². The maximum absolute atomic E-state index is 6.05. The first-order chi connectivity index (χ1) is 10.0. The standard InChI is InChI=1S/C16H20BrN3O/c1-11(8-12-6-4-5-7-15(12)21-3)20(2)16-13(17)9-19-10-14(16)18/h4-7,9-11H,8,18H2,1-3H3. The molecule has 1 atom stereocenters. The highest BCUT2D eigenvalue weighted by atomic mass is 79.9. The van der Waals surface area contributed by atoms with Gasteiger partial charge in [0.25, 0.3) is 0 Å². The Hall–Kier alpha value is -1.75. The van der Waals surface area contributed by atoms with Crippen molar-refractivity contribution in [3.05, 3.63) is 46.7 Å². The zero-order valence-electron chi connectivity index (χ0n) is 12.5. The van der Waals surface area contributed by atoms with Crippen LogP contribution in [0.4, 0.5) is 11.4 Å². The quantitative estimate of drug-likeness (QED) is 0.897. The highest BCUT2D eigenvalue weighted by Crippen LogP contribution is 2.32. The van der Waals surface area contributed by atoms with Crippen molar-refractivity contribution in [3.8, 4) is 5.75 Å². The molecule has 2 rings (SSSR count). The van der Waals surface area contributed by atoms with Crippen molar-refractivity contribution in [2.45, 2.75) is 19.4 Å². The Labute approximate surface area is 134 Å². The highest BCUT2D eigenvalue weighted by molar-refractivity contribution is 9.10. The fraction of sp³-hybridized carbons (Fsp3) is 0.312. The molecule has 0 bridgehead atoms. The van der Waals surface area contributed by atoms with E-state index in [2.05, 4.69) is 38.8 Å².